The molecular weight excluding hydrogens is 1410 g/mol. The second-order valence-corrected chi connectivity index (χ2v) is 30.1. The summed E-state index contributed by atoms with van der Waals surface area (Å²) < 4.78 is 61.2. The third kappa shape index (κ3) is 83.2. The molecule has 0 radical (unpaired) electrons. The van der Waals surface area contributed by atoms with Crippen LogP contribution in [-0.2, 0) is 55.8 Å². The lowest BCUT2D eigenvalue weighted by molar-refractivity contribution is -0.161. The first-order valence-electron chi connectivity index (χ1n) is 41.7. The average Bonchev–Trinajstić information content (AvgIpc) is 0.906. The van der Waals surface area contributed by atoms with Crippen LogP contribution in [0, 0.1) is 0 Å². The molecule has 16 nitrogen and oxygen atoms in total. The number of hydrogen-bond donors (Lipinski definition) is 4. The van der Waals surface area contributed by atoms with E-state index in [4.69, 9.17) is 32.3 Å². The van der Waals surface area contributed by atoms with Crippen LogP contribution in [0.3, 0.4) is 0 Å². The van der Waals surface area contributed by atoms with Gasteiger partial charge in [-0.2, -0.15) is 0 Å². The number of phosphoric acid groups is 2. The summed E-state index contributed by atoms with van der Waals surface area (Å²) in [5.41, 5.74) is 0. The van der Waals surface area contributed by atoms with Crippen molar-refractivity contribution in [3.05, 3.63) is 194 Å². The van der Waals surface area contributed by atoms with Crippen molar-refractivity contribution in [1.82, 2.24) is 0 Å². The number of carbonyl (C=O) groups is 3. The van der Waals surface area contributed by atoms with E-state index in [1.54, 1.807) is 0 Å². The molecule has 0 amide bonds. The second kappa shape index (κ2) is 81.9. The molecule has 0 aliphatic carbocycles. The molecule has 0 saturated carbocycles. The maximum atomic E-state index is 13.0. The van der Waals surface area contributed by atoms with E-state index in [2.05, 4.69) is 197 Å². The van der Waals surface area contributed by atoms with Gasteiger partial charge in [0.25, 0.3) is 0 Å². The number of ether oxygens (including phenoxy) is 3. The third-order valence-corrected chi connectivity index (χ3v) is 18.7. The summed E-state index contributed by atoms with van der Waals surface area (Å²) in [4.78, 5) is 58.8. The topological polar surface area (TPSA) is 231 Å². The zero-order valence-electron chi connectivity index (χ0n) is 67.6. The summed E-state index contributed by atoms with van der Waals surface area (Å²) in [6.07, 6.45) is 108. The Morgan fingerprint density at radius 2 is 0.505 bits per heavy atom. The van der Waals surface area contributed by atoms with Crippen LogP contribution in [0.1, 0.15) is 303 Å². The van der Waals surface area contributed by atoms with Crippen molar-refractivity contribution < 1.29 is 75.8 Å². The highest BCUT2D eigenvalue weighted by molar-refractivity contribution is 7.47. The highest BCUT2D eigenvalue weighted by Gasteiger charge is 2.29. The molecule has 0 aromatic carbocycles. The number of hydrogen-bond acceptors (Lipinski definition) is 14. The Hall–Kier alpha value is -5.61. The number of rotatable bonds is 77. The van der Waals surface area contributed by atoms with Crippen molar-refractivity contribution in [2.45, 2.75) is 322 Å². The minimum absolute atomic E-state index is 0.0322. The second-order valence-electron chi connectivity index (χ2n) is 27.2. The molecular formula is C91H148O16P2. The van der Waals surface area contributed by atoms with E-state index < -0.39 is 91.5 Å². The minimum atomic E-state index is -4.97. The van der Waals surface area contributed by atoms with Crippen LogP contribution in [0.5, 0.6) is 0 Å². The van der Waals surface area contributed by atoms with Crippen molar-refractivity contribution in [3.63, 3.8) is 0 Å². The smallest absolute Gasteiger partial charge is 0.463 e. The minimum Gasteiger partial charge on any atom is -0.463 e. The van der Waals surface area contributed by atoms with E-state index in [0.717, 1.165) is 154 Å². The van der Waals surface area contributed by atoms with Crippen LogP contribution in [0.15, 0.2) is 194 Å². The molecule has 0 rings (SSSR count). The standard InChI is InChI=1S/C91H148O16P2/c1-4-7-10-13-16-19-22-25-28-31-34-36-38-40-41-42-43-45-47-48-51-53-56-59-62-65-68-71-74-77-89(94)101-80-86(92)81-103-108(97,98)104-82-87(93)83-105-109(99,100)106-85-88(107-91(96)79-76-73-70-67-64-61-58-55-50-33-30-27-24-21-18-15-12-9-6-3)84-102-90(95)78-75-72-69-66-63-60-57-54-52-49-46-44-39-37-35-32-29-26-23-20-17-14-11-8-5-2/h8-9,11-12,16-21,25-30,34-37,40-41,44,46,50,52,54-55,61,64,70,73,86-88,92-93H,4-7,10,13-15,22-24,31-33,38-39,42-43,45,47-49,51,53,56-60,62-63,65-69,71-72,74-85H2,1-3H3,(H,97,98)(H,99,100)/b11-8-,12-9-,19-16-,20-17-,21-18-,28-25-,29-26-,30-27-,36-34-,37-35-,41-40-,46-44-,54-52-,55-50-,64-61-,73-70-. The molecule has 0 heterocycles. The van der Waals surface area contributed by atoms with E-state index >= 15 is 0 Å². The first kappa shape index (κ1) is 103. The molecule has 5 unspecified atom stereocenters. The molecule has 618 valence electrons. The number of carbonyl (C=O) groups excluding carboxylic acids is 3. The van der Waals surface area contributed by atoms with E-state index in [0.29, 0.717) is 25.7 Å². The SMILES string of the molecule is CC/C=C\C/C=C\C/C=C\C/C=C\C/C=C\C/C=C\CCCCCCCCC(=O)OCC(COP(=O)(O)OCC(O)COP(=O)(O)OCC(O)COC(=O)CCCCCCCCCCCCCCC/C=C\C/C=C\C/C=C\C/C=C\CCCCC)OC(=O)CC/C=C\C/C=C\C/C=C\C/C=C\C/C=C\C/C=C\CC. The van der Waals surface area contributed by atoms with Gasteiger partial charge in [0.2, 0.25) is 0 Å². The molecule has 18 heteroatoms. The van der Waals surface area contributed by atoms with Gasteiger partial charge < -0.3 is 34.2 Å². The number of aliphatic hydroxyl groups excluding tert-OH is 2. The van der Waals surface area contributed by atoms with Crippen LogP contribution in [0.2, 0.25) is 0 Å². The molecule has 0 aromatic heterocycles. The van der Waals surface area contributed by atoms with Gasteiger partial charge in [0.1, 0.15) is 25.4 Å². The van der Waals surface area contributed by atoms with Crippen molar-refractivity contribution in [1.29, 1.82) is 0 Å². The van der Waals surface area contributed by atoms with Crippen LogP contribution >= 0.6 is 15.6 Å². The Labute approximate surface area is 661 Å². The lowest BCUT2D eigenvalue weighted by Gasteiger charge is -2.21. The zero-order valence-corrected chi connectivity index (χ0v) is 69.4. The van der Waals surface area contributed by atoms with E-state index in [1.807, 2.05) is 18.2 Å². The number of allylic oxidation sites excluding steroid dienone is 32. The van der Waals surface area contributed by atoms with Gasteiger partial charge in [0, 0.05) is 19.3 Å². The number of aliphatic hydroxyl groups is 2. The lowest BCUT2D eigenvalue weighted by Crippen LogP contribution is -2.29. The molecule has 0 bridgehead atoms. The molecule has 0 saturated heterocycles. The van der Waals surface area contributed by atoms with E-state index in [1.165, 1.54) is 83.5 Å². The lowest BCUT2D eigenvalue weighted by atomic mass is 10.0. The summed E-state index contributed by atoms with van der Waals surface area (Å²) in [7, 11) is -9.84. The van der Waals surface area contributed by atoms with Gasteiger partial charge in [-0.05, 0) is 154 Å². The Bertz CT molecular complexity index is 2760. The third-order valence-electron chi connectivity index (χ3n) is 16.8. The van der Waals surface area contributed by atoms with Gasteiger partial charge >= 0.3 is 33.6 Å². The predicted octanol–water partition coefficient (Wildman–Crippen LogP) is 25.1. The van der Waals surface area contributed by atoms with Crippen LogP contribution < -0.4 is 0 Å². The van der Waals surface area contributed by atoms with E-state index in [9.17, 15) is 43.5 Å². The fraction of sp³-hybridized carbons (Fsp3) is 0.615. The Morgan fingerprint density at radius 3 is 0.807 bits per heavy atom. The molecule has 0 aromatic rings. The summed E-state index contributed by atoms with van der Waals surface area (Å²) in [6, 6.07) is 0. The summed E-state index contributed by atoms with van der Waals surface area (Å²) >= 11 is 0. The quantitative estimate of drug-likeness (QED) is 0.0146. The zero-order chi connectivity index (χ0) is 79.4. The highest BCUT2D eigenvalue weighted by atomic mass is 31.2. The average molecular weight is 1560 g/mol. The van der Waals surface area contributed by atoms with Crippen molar-refractivity contribution in [2.75, 3.05) is 39.6 Å². The van der Waals surface area contributed by atoms with Gasteiger partial charge in [-0.15, -0.1) is 0 Å². The van der Waals surface area contributed by atoms with Gasteiger partial charge in [-0.3, -0.25) is 32.5 Å². The fourth-order valence-corrected chi connectivity index (χ4v) is 12.1. The monoisotopic (exact) mass is 1560 g/mol. The fourth-order valence-electron chi connectivity index (χ4n) is 10.5. The van der Waals surface area contributed by atoms with Crippen molar-refractivity contribution in [2.24, 2.45) is 0 Å². The molecule has 0 fully saturated rings. The molecule has 0 aliphatic heterocycles. The number of esters is 3. The first-order chi connectivity index (χ1) is 53.2. The van der Waals surface area contributed by atoms with Gasteiger partial charge in [-0.25, -0.2) is 9.13 Å². The molecule has 0 aliphatic rings. The van der Waals surface area contributed by atoms with Gasteiger partial charge in [0.05, 0.1) is 26.4 Å². The normalized spacial score (nSPS) is 14.9. The van der Waals surface area contributed by atoms with Crippen LogP contribution in [0.4, 0.5) is 0 Å². The highest BCUT2D eigenvalue weighted by Crippen LogP contribution is 2.45. The van der Waals surface area contributed by atoms with Crippen molar-refractivity contribution >= 4 is 33.6 Å². The largest absolute Gasteiger partial charge is 0.472 e. The van der Waals surface area contributed by atoms with Crippen LogP contribution in [-0.4, -0.2) is 95.9 Å². The van der Waals surface area contributed by atoms with Gasteiger partial charge in [0.15, 0.2) is 6.10 Å². The van der Waals surface area contributed by atoms with E-state index in [-0.39, 0.29) is 19.3 Å². The molecule has 109 heavy (non-hydrogen) atoms. The molecule has 5 atom stereocenters. The van der Waals surface area contributed by atoms with Gasteiger partial charge in [-0.1, -0.05) is 324 Å². The summed E-state index contributed by atoms with van der Waals surface area (Å²) in [5, 5.41) is 20.7. The van der Waals surface area contributed by atoms with Crippen molar-refractivity contribution in [3.8, 4) is 0 Å². The Kier molecular flexibility index (Phi) is 77.7. The number of unbranched alkanes of at least 4 members (excludes halogenated alkanes) is 22. The summed E-state index contributed by atoms with van der Waals surface area (Å²) in [6.45, 7) is 2.31. The predicted molar refractivity (Wildman–Crippen MR) is 454 cm³/mol. The summed E-state index contributed by atoms with van der Waals surface area (Å²) in [5.74, 6) is -1.70. The molecule has 0 spiro atoms. The Balaban J connectivity index is 4.68. The maximum absolute atomic E-state index is 13.0. The van der Waals surface area contributed by atoms with Crippen LogP contribution in [0.25, 0.3) is 0 Å². The molecule has 4 N–H and O–H groups in total. The first-order valence-corrected chi connectivity index (χ1v) is 44.7. The Morgan fingerprint density at radius 1 is 0.266 bits per heavy atom. The maximum Gasteiger partial charge on any atom is 0.472 e. The number of phosphoric ester groups is 2.